The molecule has 0 aliphatic carbocycles. The number of carbonyl (C=O) groups is 1. The Labute approximate surface area is 129 Å². The van der Waals surface area contributed by atoms with Crippen molar-refractivity contribution in [2.45, 2.75) is 12.5 Å². The molecule has 1 aromatic heterocycles. The van der Waals surface area contributed by atoms with Crippen molar-refractivity contribution in [2.24, 2.45) is 0 Å². The van der Waals surface area contributed by atoms with E-state index in [1.54, 1.807) is 12.3 Å². The van der Waals surface area contributed by atoms with Gasteiger partial charge in [0.05, 0.1) is 23.8 Å². The summed E-state index contributed by atoms with van der Waals surface area (Å²) in [4.78, 5) is 16.0. The Morgan fingerprint density at radius 3 is 2.90 bits per heavy atom. The van der Waals surface area contributed by atoms with Gasteiger partial charge in [0.15, 0.2) is 0 Å². The molecule has 2 N–H and O–H groups in total. The molecule has 1 amide bonds. The molecule has 1 aromatic carbocycles. The minimum absolute atomic E-state index is 0.0349. The van der Waals surface area contributed by atoms with Gasteiger partial charge in [-0.25, -0.2) is 4.98 Å². The molecule has 1 aliphatic heterocycles. The molecule has 20 heavy (non-hydrogen) atoms. The minimum Gasteiger partial charge on any atom is -0.376 e. The molecular weight excluding hydrogens is 342 g/mol. The number of aromatic nitrogens is 1. The molecule has 0 radical (unpaired) electrons. The molecule has 6 heteroatoms. The summed E-state index contributed by atoms with van der Waals surface area (Å²) in [5, 5.41) is 6.69. The lowest BCUT2D eigenvalue weighted by Gasteiger charge is -2.17. The van der Waals surface area contributed by atoms with Crippen molar-refractivity contribution in [3.05, 3.63) is 51.7 Å². The van der Waals surface area contributed by atoms with Crippen molar-refractivity contribution in [1.82, 2.24) is 4.98 Å². The van der Waals surface area contributed by atoms with Gasteiger partial charge in [0.25, 0.3) is 0 Å². The maximum atomic E-state index is 12.0. The molecule has 1 aliphatic rings. The van der Waals surface area contributed by atoms with Crippen molar-refractivity contribution in [3.63, 3.8) is 0 Å². The van der Waals surface area contributed by atoms with Crippen LogP contribution in [0.4, 0.5) is 11.4 Å². The highest BCUT2D eigenvalue weighted by molar-refractivity contribution is 9.10. The summed E-state index contributed by atoms with van der Waals surface area (Å²) in [6.45, 7) is 0. The number of anilines is 2. The van der Waals surface area contributed by atoms with Crippen LogP contribution >= 0.6 is 27.5 Å². The van der Waals surface area contributed by atoms with Crippen LogP contribution in [0.1, 0.15) is 18.0 Å². The first-order valence-corrected chi connectivity index (χ1v) is 7.26. The molecular formula is C14H11BrClN3O. The summed E-state index contributed by atoms with van der Waals surface area (Å²) in [6.07, 6.45) is 1.98. The van der Waals surface area contributed by atoms with E-state index in [4.69, 9.17) is 11.6 Å². The molecule has 0 fully saturated rings. The molecule has 4 nitrogen and oxygen atoms in total. The van der Waals surface area contributed by atoms with Gasteiger partial charge in [-0.05, 0) is 35.9 Å². The molecule has 3 rings (SSSR count). The highest BCUT2D eigenvalue weighted by Crippen LogP contribution is 2.34. The number of carbonyl (C=O) groups excluding carboxylic acids is 1. The molecule has 1 unspecified atom stereocenters. The lowest BCUT2D eigenvalue weighted by Crippen LogP contribution is -2.15. The van der Waals surface area contributed by atoms with Crippen LogP contribution in [0.5, 0.6) is 0 Å². The fourth-order valence-corrected chi connectivity index (χ4v) is 2.75. The van der Waals surface area contributed by atoms with E-state index in [9.17, 15) is 4.79 Å². The lowest BCUT2D eigenvalue weighted by atomic mass is 10.1. The minimum atomic E-state index is -0.127. The first-order valence-electron chi connectivity index (χ1n) is 6.09. The summed E-state index contributed by atoms with van der Waals surface area (Å²) < 4.78 is 0.920. The maximum Gasteiger partial charge on any atom is 0.226 e. The fourth-order valence-electron chi connectivity index (χ4n) is 2.21. The topological polar surface area (TPSA) is 54.0 Å². The Morgan fingerprint density at radius 2 is 2.10 bits per heavy atom. The summed E-state index contributed by atoms with van der Waals surface area (Å²) in [5.74, 6) is -0.0349. The van der Waals surface area contributed by atoms with Crippen LogP contribution in [0.25, 0.3) is 0 Å². The third-order valence-corrected chi connectivity index (χ3v) is 3.83. The second-order valence-corrected chi connectivity index (χ2v) is 5.85. The second kappa shape index (κ2) is 5.42. The second-order valence-electron chi connectivity index (χ2n) is 4.55. The van der Waals surface area contributed by atoms with E-state index in [-0.39, 0.29) is 11.9 Å². The van der Waals surface area contributed by atoms with Gasteiger partial charge in [0.2, 0.25) is 5.91 Å². The monoisotopic (exact) mass is 351 g/mol. The number of rotatable bonds is 1. The SMILES string of the molecule is O=C1CC(c2ccnc(Cl)c2)Nc2ccc(Br)cc2N1. The van der Waals surface area contributed by atoms with Crippen LogP contribution in [0, 0.1) is 0 Å². The lowest BCUT2D eigenvalue weighted by molar-refractivity contribution is -0.116. The van der Waals surface area contributed by atoms with Crippen LogP contribution < -0.4 is 10.6 Å². The highest BCUT2D eigenvalue weighted by atomic mass is 79.9. The molecule has 0 saturated heterocycles. The van der Waals surface area contributed by atoms with Gasteiger partial charge in [0.1, 0.15) is 5.15 Å². The molecule has 0 saturated carbocycles. The van der Waals surface area contributed by atoms with Crippen molar-refractivity contribution >= 4 is 44.8 Å². The van der Waals surface area contributed by atoms with E-state index < -0.39 is 0 Å². The van der Waals surface area contributed by atoms with Crippen molar-refractivity contribution < 1.29 is 4.79 Å². The summed E-state index contributed by atoms with van der Waals surface area (Å²) >= 11 is 9.32. The first kappa shape index (κ1) is 13.4. The van der Waals surface area contributed by atoms with Gasteiger partial charge in [-0.15, -0.1) is 0 Å². The standard InChI is InChI=1S/C14H11BrClN3O/c15-9-1-2-10-12(6-9)19-14(20)7-11(18-10)8-3-4-17-13(16)5-8/h1-6,11,18H,7H2,(H,19,20). The Balaban J connectivity index is 1.98. The van der Waals surface area contributed by atoms with Gasteiger partial charge in [-0.2, -0.15) is 0 Å². The Bertz CT molecular complexity index is 677. The number of nitrogens with zero attached hydrogens (tertiary/aromatic N) is 1. The average Bonchev–Trinajstić information content (AvgIpc) is 2.56. The van der Waals surface area contributed by atoms with Gasteiger partial charge in [-0.1, -0.05) is 27.5 Å². The maximum absolute atomic E-state index is 12.0. The van der Waals surface area contributed by atoms with Gasteiger partial charge >= 0.3 is 0 Å². The van der Waals surface area contributed by atoms with Crippen LogP contribution in [0.15, 0.2) is 41.0 Å². The molecule has 102 valence electrons. The zero-order valence-corrected chi connectivity index (χ0v) is 12.7. The average molecular weight is 353 g/mol. The highest BCUT2D eigenvalue weighted by Gasteiger charge is 2.22. The number of hydrogen-bond acceptors (Lipinski definition) is 3. The summed E-state index contributed by atoms with van der Waals surface area (Å²) in [6, 6.07) is 9.25. The Kier molecular flexibility index (Phi) is 3.63. The Hall–Kier alpha value is -1.59. The largest absolute Gasteiger partial charge is 0.376 e. The summed E-state index contributed by atoms with van der Waals surface area (Å²) in [7, 11) is 0. The molecule has 0 spiro atoms. The predicted octanol–water partition coefficient (Wildman–Crippen LogP) is 3.99. The van der Waals surface area contributed by atoms with Crippen molar-refractivity contribution in [2.75, 3.05) is 10.6 Å². The van der Waals surface area contributed by atoms with E-state index in [2.05, 4.69) is 31.5 Å². The van der Waals surface area contributed by atoms with Crippen LogP contribution in [0.3, 0.4) is 0 Å². The summed E-state index contributed by atoms with van der Waals surface area (Å²) in [5.41, 5.74) is 2.60. The number of halogens is 2. The quantitative estimate of drug-likeness (QED) is 0.763. The van der Waals surface area contributed by atoms with E-state index >= 15 is 0 Å². The number of nitrogens with one attached hydrogen (secondary N) is 2. The van der Waals surface area contributed by atoms with E-state index in [0.717, 1.165) is 21.4 Å². The molecule has 0 bridgehead atoms. The number of amides is 1. The van der Waals surface area contributed by atoms with Crippen LogP contribution in [0.2, 0.25) is 5.15 Å². The van der Waals surface area contributed by atoms with Gasteiger partial charge < -0.3 is 10.6 Å². The van der Waals surface area contributed by atoms with E-state index in [1.165, 1.54) is 0 Å². The first-order chi connectivity index (χ1) is 9.61. The zero-order chi connectivity index (χ0) is 14.1. The van der Waals surface area contributed by atoms with Crippen LogP contribution in [-0.2, 0) is 4.79 Å². The zero-order valence-electron chi connectivity index (χ0n) is 10.4. The molecule has 2 aromatic rings. The Morgan fingerprint density at radius 1 is 1.25 bits per heavy atom. The number of fused-ring (bicyclic) bond motifs is 1. The normalized spacial score (nSPS) is 17.7. The number of hydrogen-bond donors (Lipinski definition) is 2. The smallest absolute Gasteiger partial charge is 0.226 e. The third kappa shape index (κ3) is 2.78. The molecule has 2 heterocycles. The van der Waals surface area contributed by atoms with Crippen LogP contribution in [-0.4, -0.2) is 10.9 Å². The number of pyridine rings is 1. The van der Waals surface area contributed by atoms with Crippen molar-refractivity contribution in [1.29, 1.82) is 0 Å². The fraction of sp³-hybridized carbons (Fsp3) is 0.143. The van der Waals surface area contributed by atoms with Crippen molar-refractivity contribution in [3.8, 4) is 0 Å². The number of benzene rings is 1. The predicted molar refractivity (Wildman–Crippen MR) is 83.0 cm³/mol. The van der Waals surface area contributed by atoms with Gasteiger partial charge in [-0.3, -0.25) is 4.79 Å². The third-order valence-electron chi connectivity index (χ3n) is 3.13. The van der Waals surface area contributed by atoms with E-state index in [1.807, 2.05) is 24.3 Å². The van der Waals surface area contributed by atoms with E-state index in [0.29, 0.717) is 11.6 Å². The molecule has 1 atom stereocenters. The van der Waals surface area contributed by atoms with Gasteiger partial charge in [0, 0.05) is 10.7 Å².